The van der Waals surface area contributed by atoms with Crippen LogP contribution in [0.2, 0.25) is 0 Å². The van der Waals surface area contributed by atoms with E-state index in [2.05, 4.69) is 135 Å². The summed E-state index contributed by atoms with van der Waals surface area (Å²) in [7, 11) is 0. The summed E-state index contributed by atoms with van der Waals surface area (Å²) < 4.78 is 0. The summed E-state index contributed by atoms with van der Waals surface area (Å²) in [6, 6.07) is 8.89. The lowest BCUT2D eigenvalue weighted by Gasteiger charge is -2.29. The number of phenols is 2. The molecule has 0 unspecified atom stereocenters. The Labute approximate surface area is 257 Å². The van der Waals surface area contributed by atoms with Crippen molar-refractivity contribution in [3.8, 4) is 11.5 Å². The summed E-state index contributed by atoms with van der Waals surface area (Å²) >= 11 is 0. The molecule has 0 saturated heterocycles. The van der Waals surface area contributed by atoms with Gasteiger partial charge >= 0.3 is 0 Å². The molecule has 0 spiro atoms. The molecule has 2 heteroatoms. The first-order valence-corrected chi connectivity index (χ1v) is 15.7. The molecule has 0 atom stereocenters. The summed E-state index contributed by atoms with van der Waals surface area (Å²) in [5, 5.41) is 22.5. The van der Waals surface area contributed by atoms with E-state index in [0.29, 0.717) is 11.5 Å². The van der Waals surface area contributed by atoms with Gasteiger partial charge in [-0.1, -0.05) is 107 Å². The topological polar surface area (TPSA) is 40.5 Å². The van der Waals surface area contributed by atoms with Gasteiger partial charge in [-0.2, -0.15) is 0 Å². The van der Waals surface area contributed by atoms with Gasteiger partial charge in [0.15, 0.2) is 0 Å². The quantitative estimate of drug-likeness (QED) is 0.327. The maximum absolute atomic E-state index is 11.3. The highest BCUT2D eigenvalue weighted by Crippen LogP contribution is 2.42. The molecule has 230 valence electrons. The van der Waals surface area contributed by atoms with E-state index in [1.54, 1.807) is 0 Å². The van der Waals surface area contributed by atoms with E-state index in [-0.39, 0.29) is 21.7 Å². The minimum atomic E-state index is -0.151. The van der Waals surface area contributed by atoms with Gasteiger partial charge in [0.25, 0.3) is 0 Å². The molecule has 0 fully saturated rings. The van der Waals surface area contributed by atoms with E-state index >= 15 is 0 Å². The van der Waals surface area contributed by atoms with Gasteiger partial charge in [-0.05, 0) is 129 Å². The first-order chi connectivity index (χ1) is 18.9. The molecule has 3 aromatic carbocycles. The van der Waals surface area contributed by atoms with Crippen LogP contribution in [0.1, 0.15) is 150 Å². The second kappa shape index (κ2) is 11.1. The van der Waals surface area contributed by atoms with E-state index < -0.39 is 0 Å². The fourth-order valence-corrected chi connectivity index (χ4v) is 6.29. The van der Waals surface area contributed by atoms with Crippen molar-refractivity contribution in [3.63, 3.8) is 0 Å². The molecule has 0 bridgehead atoms. The maximum Gasteiger partial charge on any atom is 0.123 e. The average molecular weight is 571 g/mol. The van der Waals surface area contributed by atoms with E-state index in [0.717, 1.165) is 35.1 Å². The van der Waals surface area contributed by atoms with Crippen LogP contribution in [0.15, 0.2) is 24.3 Å². The number of aromatic hydroxyl groups is 2. The first-order valence-electron chi connectivity index (χ1n) is 15.7. The van der Waals surface area contributed by atoms with Crippen molar-refractivity contribution in [2.24, 2.45) is 0 Å². The molecule has 0 aliphatic heterocycles. The number of benzene rings is 3. The van der Waals surface area contributed by atoms with Crippen molar-refractivity contribution in [2.45, 2.75) is 145 Å². The third kappa shape index (κ3) is 6.74. The van der Waals surface area contributed by atoms with Gasteiger partial charge in [0.2, 0.25) is 0 Å². The van der Waals surface area contributed by atoms with E-state index in [1.165, 1.54) is 44.5 Å². The first kappa shape index (κ1) is 33.8. The Morgan fingerprint density at radius 2 is 0.595 bits per heavy atom. The summed E-state index contributed by atoms with van der Waals surface area (Å²) in [6.45, 7) is 35.2. The van der Waals surface area contributed by atoms with Crippen LogP contribution in [-0.4, -0.2) is 10.2 Å². The lowest BCUT2D eigenvalue weighted by molar-refractivity contribution is 0.422. The standard InChI is InChI=1S/C40H58O2/c1-23-24(2)30(18-28-21-33(39(11,12)13)36(42)34(22-28)40(14,15)16)26(4)25(3)29(23)17-27-19-31(37(5,6)7)35(41)32(20-27)38(8,9)10/h19-22,41-42H,17-18H2,1-16H3. The van der Waals surface area contributed by atoms with Crippen LogP contribution in [0.5, 0.6) is 11.5 Å². The van der Waals surface area contributed by atoms with Crippen molar-refractivity contribution in [2.75, 3.05) is 0 Å². The van der Waals surface area contributed by atoms with Crippen molar-refractivity contribution < 1.29 is 10.2 Å². The number of hydrogen-bond acceptors (Lipinski definition) is 2. The molecule has 2 nitrogen and oxygen atoms in total. The molecule has 0 radical (unpaired) electrons. The largest absolute Gasteiger partial charge is 0.507 e. The van der Waals surface area contributed by atoms with Crippen molar-refractivity contribution in [3.05, 3.63) is 91.0 Å². The smallest absolute Gasteiger partial charge is 0.123 e. The molecule has 0 aliphatic carbocycles. The highest BCUT2D eigenvalue weighted by atomic mass is 16.3. The van der Waals surface area contributed by atoms with Crippen LogP contribution in [0.4, 0.5) is 0 Å². The molecule has 0 amide bonds. The van der Waals surface area contributed by atoms with Gasteiger partial charge in [-0.25, -0.2) is 0 Å². The van der Waals surface area contributed by atoms with Gasteiger partial charge in [0, 0.05) is 0 Å². The number of rotatable bonds is 4. The monoisotopic (exact) mass is 570 g/mol. The molecule has 0 saturated carbocycles. The Bertz CT molecular complexity index is 1280. The summed E-state index contributed by atoms with van der Waals surface area (Å²) in [4.78, 5) is 0. The van der Waals surface area contributed by atoms with E-state index in [4.69, 9.17) is 0 Å². The fourth-order valence-electron chi connectivity index (χ4n) is 6.29. The van der Waals surface area contributed by atoms with E-state index in [9.17, 15) is 10.2 Å². The molecule has 2 N–H and O–H groups in total. The highest BCUT2D eigenvalue weighted by molar-refractivity contribution is 5.57. The van der Waals surface area contributed by atoms with Crippen LogP contribution < -0.4 is 0 Å². The Balaban J connectivity index is 2.18. The predicted octanol–water partition coefficient (Wildman–Crippen LogP) is 10.7. The van der Waals surface area contributed by atoms with Crippen LogP contribution in [0, 0.1) is 27.7 Å². The minimum Gasteiger partial charge on any atom is -0.507 e. The lowest BCUT2D eigenvalue weighted by atomic mass is 9.76. The van der Waals surface area contributed by atoms with Crippen LogP contribution in [0.25, 0.3) is 0 Å². The summed E-state index contributed by atoms with van der Waals surface area (Å²) in [6.07, 6.45) is 1.68. The van der Waals surface area contributed by atoms with Gasteiger partial charge in [-0.15, -0.1) is 0 Å². The summed E-state index contributed by atoms with van der Waals surface area (Å²) in [5.41, 5.74) is 14.1. The predicted molar refractivity (Wildman–Crippen MR) is 182 cm³/mol. The summed E-state index contributed by atoms with van der Waals surface area (Å²) in [5.74, 6) is 0.876. The minimum absolute atomic E-state index is 0.151. The van der Waals surface area contributed by atoms with Crippen LogP contribution >= 0.6 is 0 Å². The van der Waals surface area contributed by atoms with E-state index in [1.807, 2.05) is 0 Å². The van der Waals surface area contributed by atoms with Gasteiger partial charge in [-0.3, -0.25) is 0 Å². The SMILES string of the molecule is Cc1c(C)c(Cc2cc(C(C)(C)C)c(O)c(C(C)(C)C)c2)c(C)c(C)c1Cc1cc(C(C)(C)C)c(O)c(C(C)(C)C)c1. The van der Waals surface area contributed by atoms with Crippen LogP contribution in [-0.2, 0) is 34.5 Å². The second-order valence-electron chi connectivity index (χ2n) is 16.9. The van der Waals surface area contributed by atoms with Crippen molar-refractivity contribution in [1.29, 1.82) is 0 Å². The fraction of sp³-hybridized carbons (Fsp3) is 0.550. The third-order valence-electron chi connectivity index (χ3n) is 9.27. The molecule has 0 heterocycles. The molecule has 0 aliphatic rings. The zero-order valence-corrected chi connectivity index (χ0v) is 29.6. The third-order valence-corrected chi connectivity index (χ3v) is 9.27. The van der Waals surface area contributed by atoms with Crippen molar-refractivity contribution >= 4 is 0 Å². The lowest BCUT2D eigenvalue weighted by Crippen LogP contribution is -2.18. The molecule has 42 heavy (non-hydrogen) atoms. The Morgan fingerprint density at radius 1 is 0.405 bits per heavy atom. The maximum atomic E-state index is 11.3. The Morgan fingerprint density at radius 3 is 0.762 bits per heavy atom. The Hall–Kier alpha value is -2.74. The van der Waals surface area contributed by atoms with Crippen molar-refractivity contribution in [1.82, 2.24) is 0 Å². The number of hydrogen-bond donors (Lipinski definition) is 2. The zero-order valence-electron chi connectivity index (χ0n) is 29.6. The highest BCUT2D eigenvalue weighted by Gasteiger charge is 2.29. The molecule has 3 aromatic rings. The average Bonchev–Trinajstić information content (AvgIpc) is 2.82. The second-order valence-corrected chi connectivity index (χ2v) is 16.9. The van der Waals surface area contributed by atoms with Gasteiger partial charge in [0.05, 0.1) is 0 Å². The van der Waals surface area contributed by atoms with Crippen LogP contribution in [0.3, 0.4) is 0 Å². The molecular formula is C40H58O2. The zero-order chi connectivity index (χ0) is 32.3. The van der Waals surface area contributed by atoms with Gasteiger partial charge in [0.1, 0.15) is 11.5 Å². The molecule has 3 rings (SSSR count). The molecular weight excluding hydrogens is 512 g/mol. The Kier molecular flexibility index (Phi) is 8.90. The van der Waals surface area contributed by atoms with Gasteiger partial charge < -0.3 is 10.2 Å². The normalized spacial score (nSPS) is 13.1. The molecule has 0 aromatic heterocycles. The number of phenolic OH excluding ortho intramolecular Hbond substituents is 2.